The third-order valence-corrected chi connectivity index (χ3v) is 11.3. The minimum absolute atomic E-state index is 0.861. The number of imidazole rings is 1. The van der Waals surface area contributed by atoms with Crippen LogP contribution in [0.15, 0.2) is 176 Å². The zero-order valence-corrected chi connectivity index (χ0v) is 29.3. The van der Waals surface area contributed by atoms with E-state index in [9.17, 15) is 0 Å². The van der Waals surface area contributed by atoms with Crippen LogP contribution in [0.4, 0.5) is 0 Å². The molecular formula is C51H34N2. The van der Waals surface area contributed by atoms with Gasteiger partial charge >= 0.3 is 0 Å². The minimum atomic E-state index is 0.861. The van der Waals surface area contributed by atoms with E-state index in [2.05, 4.69) is 187 Å². The molecule has 0 aliphatic heterocycles. The Bertz CT molecular complexity index is 3170. The Labute approximate surface area is 307 Å². The molecule has 2 heteroatoms. The van der Waals surface area contributed by atoms with E-state index < -0.39 is 0 Å². The van der Waals surface area contributed by atoms with Crippen molar-refractivity contribution in [3.63, 3.8) is 0 Å². The van der Waals surface area contributed by atoms with Crippen LogP contribution in [0.2, 0.25) is 0 Å². The molecule has 0 N–H and O–H groups in total. The number of hydrogen-bond acceptors (Lipinski definition) is 1. The lowest BCUT2D eigenvalue weighted by Gasteiger charge is -2.21. The average Bonchev–Trinajstić information content (AvgIpc) is 3.61. The van der Waals surface area contributed by atoms with Crippen molar-refractivity contribution in [3.05, 3.63) is 182 Å². The second kappa shape index (κ2) is 11.6. The molecule has 11 rings (SSSR count). The number of nitrogens with zero attached hydrogens (tertiary/aromatic N) is 2. The topological polar surface area (TPSA) is 17.8 Å². The van der Waals surface area contributed by atoms with Crippen LogP contribution in [0.1, 0.15) is 12.7 Å². The number of benzene rings is 10. The smallest absolute Gasteiger partial charge is 0.114 e. The van der Waals surface area contributed by atoms with Crippen molar-refractivity contribution in [2.75, 3.05) is 0 Å². The first-order valence-corrected chi connectivity index (χ1v) is 18.5. The first kappa shape index (κ1) is 29.9. The first-order valence-electron chi connectivity index (χ1n) is 18.5. The Morgan fingerprint density at radius 3 is 1.85 bits per heavy atom. The van der Waals surface area contributed by atoms with E-state index in [1.54, 1.807) is 0 Å². The first-order chi connectivity index (χ1) is 26.2. The standard InChI is InChI=1S/C51H34N2/c1-2-47-52-45-17-8-9-18-46(45)53(47)38-26-21-35(22-27-38)49-39-15-6-7-16-40(39)51(44-31-37(25-30-43(44)49)32-11-4-3-5-12-32)42-29-24-36-20-19-33-13-10-14-34-23-28-41(42)50(36)48(33)34/h3-31H,2H2,1H3. The van der Waals surface area contributed by atoms with Crippen LogP contribution in [0.5, 0.6) is 0 Å². The van der Waals surface area contributed by atoms with Gasteiger partial charge in [0, 0.05) is 12.1 Å². The van der Waals surface area contributed by atoms with Crippen molar-refractivity contribution >= 4 is 64.9 Å². The average molecular weight is 675 g/mol. The molecule has 0 fully saturated rings. The second-order valence-electron chi connectivity index (χ2n) is 14.1. The molecule has 248 valence electrons. The number of para-hydroxylation sites is 2. The van der Waals surface area contributed by atoms with Gasteiger partial charge in [-0.25, -0.2) is 4.98 Å². The maximum absolute atomic E-state index is 4.95. The van der Waals surface area contributed by atoms with Gasteiger partial charge in [-0.15, -0.1) is 0 Å². The molecular weight excluding hydrogens is 641 g/mol. The van der Waals surface area contributed by atoms with Crippen molar-refractivity contribution in [1.82, 2.24) is 9.55 Å². The summed E-state index contributed by atoms with van der Waals surface area (Å²) in [4.78, 5) is 4.95. The highest BCUT2D eigenvalue weighted by Crippen LogP contribution is 2.48. The van der Waals surface area contributed by atoms with E-state index in [1.807, 2.05) is 0 Å². The quantitative estimate of drug-likeness (QED) is 0.131. The van der Waals surface area contributed by atoms with E-state index in [1.165, 1.54) is 87.2 Å². The van der Waals surface area contributed by atoms with Gasteiger partial charge < -0.3 is 0 Å². The van der Waals surface area contributed by atoms with Gasteiger partial charge in [0.05, 0.1) is 11.0 Å². The summed E-state index contributed by atoms with van der Waals surface area (Å²) in [7, 11) is 0. The summed E-state index contributed by atoms with van der Waals surface area (Å²) in [5.74, 6) is 1.07. The third kappa shape index (κ3) is 4.49. The molecule has 0 atom stereocenters. The minimum Gasteiger partial charge on any atom is -0.296 e. The fourth-order valence-corrected chi connectivity index (χ4v) is 8.92. The van der Waals surface area contributed by atoms with E-state index in [0.717, 1.165) is 29.0 Å². The monoisotopic (exact) mass is 674 g/mol. The van der Waals surface area contributed by atoms with Crippen molar-refractivity contribution in [1.29, 1.82) is 0 Å². The molecule has 0 spiro atoms. The van der Waals surface area contributed by atoms with Crippen molar-refractivity contribution < 1.29 is 0 Å². The molecule has 0 saturated carbocycles. The molecule has 0 radical (unpaired) electrons. The highest BCUT2D eigenvalue weighted by atomic mass is 15.1. The molecule has 1 heterocycles. The molecule has 0 amide bonds. The predicted molar refractivity (Wildman–Crippen MR) is 225 cm³/mol. The van der Waals surface area contributed by atoms with Crippen LogP contribution in [0.25, 0.3) is 104 Å². The number of fused-ring (bicyclic) bond motifs is 3. The van der Waals surface area contributed by atoms with E-state index in [0.29, 0.717) is 0 Å². The lowest BCUT2D eigenvalue weighted by atomic mass is 9.82. The van der Waals surface area contributed by atoms with Crippen LogP contribution in [0, 0.1) is 0 Å². The van der Waals surface area contributed by atoms with E-state index in [4.69, 9.17) is 4.98 Å². The van der Waals surface area contributed by atoms with Crippen LogP contribution in [-0.2, 0) is 6.42 Å². The van der Waals surface area contributed by atoms with Gasteiger partial charge in [0.1, 0.15) is 5.82 Å². The van der Waals surface area contributed by atoms with Crippen molar-refractivity contribution in [3.8, 4) is 39.1 Å². The van der Waals surface area contributed by atoms with Gasteiger partial charge in [0.25, 0.3) is 0 Å². The largest absolute Gasteiger partial charge is 0.296 e. The van der Waals surface area contributed by atoms with Crippen LogP contribution >= 0.6 is 0 Å². The van der Waals surface area contributed by atoms with Crippen LogP contribution < -0.4 is 0 Å². The summed E-state index contributed by atoms with van der Waals surface area (Å²) in [6.07, 6.45) is 0.861. The maximum Gasteiger partial charge on any atom is 0.114 e. The summed E-state index contributed by atoms with van der Waals surface area (Å²) in [5.41, 5.74) is 10.7. The van der Waals surface area contributed by atoms with Gasteiger partial charge in [-0.2, -0.15) is 0 Å². The Hall–Kier alpha value is -6.77. The molecule has 1 aromatic heterocycles. The molecule has 0 saturated heterocycles. The zero-order chi connectivity index (χ0) is 35.0. The third-order valence-electron chi connectivity index (χ3n) is 11.3. The summed E-state index contributed by atoms with van der Waals surface area (Å²) < 4.78 is 2.30. The molecule has 2 nitrogen and oxygen atoms in total. The molecule has 0 aliphatic rings. The van der Waals surface area contributed by atoms with Gasteiger partial charge in [-0.3, -0.25) is 4.57 Å². The Balaban J connectivity index is 1.21. The summed E-state index contributed by atoms with van der Waals surface area (Å²) in [5, 5.41) is 12.8. The number of aryl methyl sites for hydroxylation is 1. The highest BCUT2D eigenvalue weighted by Gasteiger charge is 2.21. The Morgan fingerprint density at radius 2 is 1.06 bits per heavy atom. The van der Waals surface area contributed by atoms with Crippen LogP contribution in [-0.4, -0.2) is 9.55 Å². The Morgan fingerprint density at radius 1 is 0.434 bits per heavy atom. The number of hydrogen-bond donors (Lipinski definition) is 0. The lowest BCUT2D eigenvalue weighted by molar-refractivity contribution is 0.908. The SMILES string of the molecule is CCc1nc2ccccc2n1-c1ccc(-c2c3ccccc3c(-c3ccc4ccc5cccc6ccc3c4c56)c3cc(-c4ccccc4)ccc23)cc1. The molecule has 53 heavy (non-hydrogen) atoms. The van der Waals surface area contributed by atoms with Gasteiger partial charge in [-0.05, 0) is 118 Å². The number of aromatic nitrogens is 2. The summed E-state index contributed by atoms with van der Waals surface area (Å²) in [6, 6.07) is 64.9. The summed E-state index contributed by atoms with van der Waals surface area (Å²) >= 11 is 0. The van der Waals surface area contributed by atoms with Gasteiger partial charge in [0.15, 0.2) is 0 Å². The van der Waals surface area contributed by atoms with E-state index in [-0.39, 0.29) is 0 Å². The summed E-state index contributed by atoms with van der Waals surface area (Å²) in [6.45, 7) is 2.18. The molecule has 0 unspecified atom stereocenters. The van der Waals surface area contributed by atoms with Crippen molar-refractivity contribution in [2.24, 2.45) is 0 Å². The fraction of sp³-hybridized carbons (Fsp3) is 0.0392. The predicted octanol–water partition coefficient (Wildman–Crippen LogP) is 13.8. The van der Waals surface area contributed by atoms with Crippen LogP contribution in [0.3, 0.4) is 0 Å². The normalized spacial score (nSPS) is 11.9. The van der Waals surface area contributed by atoms with Crippen molar-refractivity contribution in [2.45, 2.75) is 13.3 Å². The molecule has 10 aromatic carbocycles. The molecule has 0 bridgehead atoms. The zero-order valence-electron chi connectivity index (χ0n) is 29.3. The fourth-order valence-electron chi connectivity index (χ4n) is 8.92. The maximum atomic E-state index is 4.95. The second-order valence-corrected chi connectivity index (χ2v) is 14.1. The Kier molecular flexibility index (Phi) is 6.56. The molecule has 0 aliphatic carbocycles. The lowest BCUT2D eigenvalue weighted by Crippen LogP contribution is -2.00. The van der Waals surface area contributed by atoms with Gasteiger partial charge in [-0.1, -0.05) is 153 Å². The number of rotatable bonds is 5. The highest BCUT2D eigenvalue weighted by molar-refractivity contribution is 6.29. The van der Waals surface area contributed by atoms with Gasteiger partial charge in [0.2, 0.25) is 0 Å². The molecule has 11 aromatic rings. The van der Waals surface area contributed by atoms with E-state index >= 15 is 0 Å².